The molecule has 0 unspecified atom stereocenters. The van der Waals surface area contributed by atoms with Crippen molar-refractivity contribution in [3.8, 4) is 11.8 Å². The van der Waals surface area contributed by atoms with Gasteiger partial charge in [-0.2, -0.15) is 0 Å². The molecule has 1 heterocycles. The fraction of sp³-hybridized carbons (Fsp3) is 0.879. The van der Waals surface area contributed by atoms with E-state index in [4.69, 9.17) is 13.9 Å². The minimum absolute atomic E-state index is 0.0954. The summed E-state index contributed by atoms with van der Waals surface area (Å²) in [6, 6.07) is 0. The molecular formula is C33H54O4Si. The number of unbranched alkanes of at least 4 members (excludes halogenated alkanes) is 2. The zero-order chi connectivity index (χ0) is 27.5. The highest BCUT2D eigenvalue weighted by molar-refractivity contribution is 6.74. The number of allylic oxidation sites excluding steroid dienone is 1. The number of hydrogen-bond donors (Lipinski definition) is 1. The van der Waals surface area contributed by atoms with Crippen LogP contribution in [0.5, 0.6) is 0 Å². The van der Waals surface area contributed by atoms with E-state index in [-0.39, 0.29) is 21.7 Å². The lowest BCUT2D eigenvalue weighted by molar-refractivity contribution is -0.186. The van der Waals surface area contributed by atoms with Gasteiger partial charge in [0.1, 0.15) is 5.60 Å². The van der Waals surface area contributed by atoms with Gasteiger partial charge < -0.3 is 19.0 Å². The van der Waals surface area contributed by atoms with Gasteiger partial charge in [-0.15, -0.1) is 5.92 Å². The van der Waals surface area contributed by atoms with E-state index in [2.05, 4.69) is 65.6 Å². The smallest absolute Gasteiger partial charge is 0.191 e. The summed E-state index contributed by atoms with van der Waals surface area (Å²) < 4.78 is 18.5. The van der Waals surface area contributed by atoms with E-state index < -0.39 is 13.9 Å². The second-order valence-electron chi connectivity index (χ2n) is 15.3. The van der Waals surface area contributed by atoms with Crippen molar-refractivity contribution in [2.75, 3.05) is 19.8 Å². The molecule has 0 radical (unpaired) electrons. The Kier molecular flexibility index (Phi) is 7.61. The Balaban J connectivity index is 1.20. The lowest BCUT2D eigenvalue weighted by atomic mass is 9.47. The number of rotatable bonds is 5. The van der Waals surface area contributed by atoms with Crippen LogP contribution >= 0.6 is 0 Å². The third kappa shape index (κ3) is 4.79. The van der Waals surface area contributed by atoms with Gasteiger partial charge in [0.05, 0.1) is 13.2 Å². The monoisotopic (exact) mass is 542 g/mol. The zero-order valence-corrected chi connectivity index (χ0v) is 26.4. The van der Waals surface area contributed by atoms with Gasteiger partial charge in [0.25, 0.3) is 0 Å². The summed E-state index contributed by atoms with van der Waals surface area (Å²) in [6.07, 6.45) is 14.0. The summed E-state index contributed by atoms with van der Waals surface area (Å²) in [4.78, 5) is 0. The average molecular weight is 543 g/mol. The van der Waals surface area contributed by atoms with Gasteiger partial charge in [-0.1, -0.05) is 52.2 Å². The molecule has 5 aliphatic rings. The minimum Gasteiger partial charge on any atom is -0.417 e. The second kappa shape index (κ2) is 10.0. The normalized spacial score (nSPS) is 40.1. The molecular weight excluding hydrogens is 488 g/mol. The quantitative estimate of drug-likeness (QED) is 0.168. The molecule has 1 N–H and O–H groups in total. The molecule has 1 saturated heterocycles. The molecule has 0 aromatic heterocycles. The Morgan fingerprint density at radius 1 is 1.03 bits per heavy atom. The van der Waals surface area contributed by atoms with Crippen LogP contribution in [0.15, 0.2) is 11.6 Å². The van der Waals surface area contributed by atoms with E-state index in [1.54, 1.807) is 5.57 Å². The minimum atomic E-state index is -1.67. The maximum Gasteiger partial charge on any atom is 0.191 e. The molecule has 0 bridgehead atoms. The van der Waals surface area contributed by atoms with Crippen molar-refractivity contribution in [1.82, 2.24) is 0 Å². The van der Waals surface area contributed by atoms with Crippen LogP contribution in [0.4, 0.5) is 0 Å². The van der Waals surface area contributed by atoms with Crippen LogP contribution < -0.4 is 0 Å². The summed E-state index contributed by atoms with van der Waals surface area (Å²) in [5, 5.41) is 12.2. The van der Waals surface area contributed by atoms with E-state index in [1.807, 2.05) is 0 Å². The summed E-state index contributed by atoms with van der Waals surface area (Å²) in [7, 11) is -1.67. The standard InChI is InChI=1S/C33H54O4Si/c1-29(2,3)38(6,7)37-21-11-9-8-10-16-32(34)18-15-28-26-13-12-25-24-33(35-22-23-36-33)20-19-30(25,4)27(26)14-17-31(28,32)5/h12,26-28,34H,8-9,11,13-15,17-24H2,1-7H3/t26-,27+,28+,30+,31+,32+/m1/s1. The third-order valence-corrected chi connectivity index (χ3v) is 16.9. The first kappa shape index (κ1) is 28.9. The molecule has 3 saturated carbocycles. The highest BCUT2D eigenvalue weighted by Crippen LogP contribution is 2.67. The van der Waals surface area contributed by atoms with Crippen LogP contribution in [0.3, 0.4) is 0 Å². The van der Waals surface area contributed by atoms with E-state index in [9.17, 15) is 5.11 Å². The van der Waals surface area contributed by atoms with Crippen molar-refractivity contribution in [3.63, 3.8) is 0 Å². The van der Waals surface area contributed by atoms with E-state index in [1.165, 1.54) is 6.42 Å². The lowest BCUT2D eigenvalue weighted by Crippen LogP contribution is -2.55. The van der Waals surface area contributed by atoms with Crippen molar-refractivity contribution in [2.45, 2.75) is 135 Å². The zero-order valence-electron chi connectivity index (χ0n) is 25.4. The SMILES string of the molecule is CC(C)(C)[Si](C)(C)OCCCCC#C[C@]1(O)CC[C@H]2[C@@H]3CC=C4CC5(CC[C@]4(C)[C@H]3CC[C@@]21C)OCCO5. The Hall–Kier alpha value is -0.643. The maximum absolute atomic E-state index is 11.9. The van der Waals surface area contributed by atoms with Gasteiger partial charge in [0.2, 0.25) is 0 Å². The molecule has 4 nitrogen and oxygen atoms in total. The van der Waals surface area contributed by atoms with Crippen LogP contribution in [-0.4, -0.2) is 44.6 Å². The molecule has 4 fully saturated rings. The molecule has 0 aromatic carbocycles. The van der Waals surface area contributed by atoms with Gasteiger partial charge in [-0.05, 0) is 92.7 Å². The molecule has 38 heavy (non-hydrogen) atoms. The molecule has 5 heteroatoms. The van der Waals surface area contributed by atoms with Gasteiger partial charge in [0, 0.05) is 31.3 Å². The van der Waals surface area contributed by atoms with Crippen molar-refractivity contribution in [2.24, 2.45) is 28.6 Å². The summed E-state index contributed by atoms with van der Waals surface area (Å²) in [5.74, 6) is 8.45. The van der Waals surface area contributed by atoms with Crippen molar-refractivity contribution >= 4 is 8.32 Å². The van der Waals surface area contributed by atoms with E-state index in [0.717, 1.165) is 84.0 Å². The van der Waals surface area contributed by atoms with Crippen LogP contribution in [0.1, 0.15) is 105 Å². The fourth-order valence-corrected chi connectivity index (χ4v) is 9.73. The number of aliphatic hydroxyl groups is 1. The number of hydrogen-bond acceptors (Lipinski definition) is 4. The van der Waals surface area contributed by atoms with Crippen LogP contribution in [0.25, 0.3) is 0 Å². The van der Waals surface area contributed by atoms with Gasteiger partial charge in [-0.25, -0.2) is 0 Å². The highest BCUT2D eigenvalue weighted by Gasteiger charge is 2.64. The highest BCUT2D eigenvalue weighted by atomic mass is 28.4. The van der Waals surface area contributed by atoms with E-state index >= 15 is 0 Å². The Labute approximate surface area is 233 Å². The van der Waals surface area contributed by atoms with Gasteiger partial charge in [-0.3, -0.25) is 0 Å². The maximum atomic E-state index is 11.9. The third-order valence-electron chi connectivity index (χ3n) is 12.3. The molecule has 4 aliphatic carbocycles. The number of fused-ring (bicyclic) bond motifs is 5. The predicted molar refractivity (Wildman–Crippen MR) is 156 cm³/mol. The Morgan fingerprint density at radius 2 is 1.74 bits per heavy atom. The van der Waals surface area contributed by atoms with Crippen LogP contribution in [0.2, 0.25) is 18.1 Å². The summed E-state index contributed by atoms with van der Waals surface area (Å²) >= 11 is 0. The van der Waals surface area contributed by atoms with Gasteiger partial charge in [0.15, 0.2) is 14.1 Å². The molecule has 5 rings (SSSR count). The molecule has 1 aliphatic heterocycles. The molecule has 0 amide bonds. The molecule has 1 spiro atoms. The molecule has 6 atom stereocenters. The number of ether oxygens (including phenoxy) is 2. The van der Waals surface area contributed by atoms with Crippen molar-refractivity contribution in [3.05, 3.63) is 11.6 Å². The largest absolute Gasteiger partial charge is 0.417 e. The summed E-state index contributed by atoms with van der Waals surface area (Å²) in [5.41, 5.74) is 0.903. The molecule has 214 valence electrons. The fourth-order valence-electron chi connectivity index (χ4n) is 8.64. The Bertz CT molecular complexity index is 979. The van der Waals surface area contributed by atoms with Crippen molar-refractivity contribution in [1.29, 1.82) is 0 Å². The first-order valence-corrected chi connectivity index (χ1v) is 18.5. The van der Waals surface area contributed by atoms with Crippen LogP contribution in [-0.2, 0) is 13.9 Å². The first-order valence-electron chi connectivity index (χ1n) is 15.6. The average Bonchev–Trinajstić information content (AvgIpc) is 3.40. The van der Waals surface area contributed by atoms with Gasteiger partial charge >= 0.3 is 0 Å². The van der Waals surface area contributed by atoms with Crippen molar-refractivity contribution < 1.29 is 19.0 Å². The van der Waals surface area contributed by atoms with E-state index in [0.29, 0.717) is 17.8 Å². The second-order valence-corrected chi connectivity index (χ2v) is 20.1. The molecule has 0 aromatic rings. The summed E-state index contributed by atoms with van der Waals surface area (Å²) in [6.45, 7) is 18.7. The Morgan fingerprint density at radius 3 is 2.45 bits per heavy atom. The topological polar surface area (TPSA) is 47.9 Å². The first-order chi connectivity index (χ1) is 17.8. The predicted octanol–water partition coefficient (Wildman–Crippen LogP) is 7.62. The lowest BCUT2D eigenvalue weighted by Gasteiger charge is -2.59. The van der Waals surface area contributed by atoms with Crippen LogP contribution in [0, 0.1) is 40.4 Å².